The number of amides is 1. The number of hydrogen-bond acceptors (Lipinski definition) is 5. The fourth-order valence-electron chi connectivity index (χ4n) is 3.22. The summed E-state index contributed by atoms with van der Waals surface area (Å²) in [5, 5.41) is 0. The average Bonchev–Trinajstić information content (AvgIpc) is 3.23. The van der Waals surface area contributed by atoms with Crippen LogP contribution in [0.3, 0.4) is 0 Å². The molecule has 1 amide bonds. The van der Waals surface area contributed by atoms with Gasteiger partial charge in [0.1, 0.15) is 17.3 Å². The highest BCUT2D eigenvalue weighted by molar-refractivity contribution is 5.95. The molecule has 0 atom stereocenters. The van der Waals surface area contributed by atoms with Crippen LogP contribution in [0.2, 0.25) is 0 Å². The molecule has 3 heterocycles. The van der Waals surface area contributed by atoms with Gasteiger partial charge in [0.2, 0.25) is 0 Å². The van der Waals surface area contributed by atoms with E-state index in [4.69, 9.17) is 10.5 Å². The van der Waals surface area contributed by atoms with Crippen molar-refractivity contribution in [1.82, 2.24) is 9.97 Å². The first-order valence-corrected chi connectivity index (χ1v) is 8.95. The summed E-state index contributed by atoms with van der Waals surface area (Å²) in [6.45, 7) is 2.08. The Balaban J connectivity index is 1.62. The van der Waals surface area contributed by atoms with E-state index in [0.29, 0.717) is 17.1 Å². The number of nitrogens with two attached hydrogens (primary N) is 1. The molecule has 0 unspecified atom stereocenters. The Morgan fingerprint density at radius 1 is 1.00 bits per heavy atom. The minimum atomic E-state index is -0.524. The van der Waals surface area contributed by atoms with Gasteiger partial charge in [0.25, 0.3) is 5.91 Å². The van der Waals surface area contributed by atoms with E-state index in [1.807, 2.05) is 12.1 Å². The highest BCUT2D eigenvalue weighted by Crippen LogP contribution is 2.29. The minimum absolute atomic E-state index is 0.344. The van der Waals surface area contributed by atoms with Gasteiger partial charge < -0.3 is 15.4 Å². The number of primary amides is 1. The van der Waals surface area contributed by atoms with E-state index in [2.05, 4.69) is 20.9 Å². The van der Waals surface area contributed by atoms with Crippen LogP contribution < -0.4 is 15.4 Å². The molecule has 3 aromatic rings. The summed E-state index contributed by atoms with van der Waals surface area (Å²) >= 11 is 0. The second-order valence-electron chi connectivity index (χ2n) is 6.44. The van der Waals surface area contributed by atoms with E-state index in [-0.39, 0.29) is 0 Å². The van der Waals surface area contributed by atoms with Crippen molar-refractivity contribution < 1.29 is 9.53 Å². The Kier molecular flexibility index (Phi) is 4.70. The number of benzene rings is 1. The molecule has 1 fully saturated rings. The largest absolute Gasteiger partial charge is 0.456 e. The maximum absolute atomic E-state index is 11.6. The van der Waals surface area contributed by atoms with Gasteiger partial charge >= 0.3 is 0 Å². The smallest absolute Gasteiger partial charge is 0.252 e. The number of nitrogens with zero attached hydrogens (tertiary/aromatic N) is 3. The first-order chi connectivity index (χ1) is 13.2. The molecule has 6 nitrogen and oxygen atoms in total. The van der Waals surface area contributed by atoms with Crippen LogP contribution in [-0.2, 0) is 0 Å². The van der Waals surface area contributed by atoms with E-state index in [1.54, 1.807) is 42.7 Å². The van der Waals surface area contributed by atoms with Crippen LogP contribution in [0.15, 0.2) is 60.9 Å². The summed E-state index contributed by atoms with van der Waals surface area (Å²) in [5.74, 6) is 1.46. The van der Waals surface area contributed by atoms with Gasteiger partial charge in [-0.2, -0.15) is 0 Å². The third-order valence-electron chi connectivity index (χ3n) is 4.58. The van der Waals surface area contributed by atoms with E-state index in [9.17, 15) is 4.79 Å². The normalized spacial score (nSPS) is 13.6. The zero-order valence-corrected chi connectivity index (χ0v) is 14.8. The fourth-order valence-corrected chi connectivity index (χ4v) is 3.22. The van der Waals surface area contributed by atoms with Crippen molar-refractivity contribution in [2.24, 2.45) is 5.73 Å². The Morgan fingerprint density at radius 3 is 2.59 bits per heavy atom. The second-order valence-corrected chi connectivity index (χ2v) is 6.44. The predicted octanol–water partition coefficient (Wildman–Crippen LogP) is 3.64. The maximum atomic E-state index is 11.6. The Morgan fingerprint density at radius 2 is 1.78 bits per heavy atom. The highest BCUT2D eigenvalue weighted by Gasteiger charge is 2.15. The molecule has 1 aromatic carbocycles. The lowest BCUT2D eigenvalue weighted by Crippen LogP contribution is -2.18. The summed E-state index contributed by atoms with van der Waals surface area (Å²) in [4.78, 5) is 22.8. The van der Waals surface area contributed by atoms with Crippen LogP contribution in [0.25, 0.3) is 11.3 Å². The number of aromatic nitrogens is 2. The van der Waals surface area contributed by atoms with E-state index in [1.165, 1.54) is 12.8 Å². The molecular weight excluding hydrogens is 340 g/mol. The van der Waals surface area contributed by atoms with Crippen molar-refractivity contribution in [1.29, 1.82) is 0 Å². The van der Waals surface area contributed by atoms with Crippen LogP contribution in [0.4, 0.5) is 5.82 Å². The van der Waals surface area contributed by atoms with Crippen molar-refractivity contribution in [3.05, 3.63) is 66.5 Å². The molecule has 0 aliphatic carbocycles. The number of carbonyl (C=O) groups excluding carboxylic acids is 1. The average molecular weight is 360 g/mol. The predicted molar refractivity (Wildman–Crippen MR) is 104 cm³/mol. The summed E-state index contributed by atoms with van der Waals surface area (Å²) in [7, 11) is 0. The number of anilines is 1. The Bertz CT molecular complexity index is 968. The van der Waals surface area contributed by atoms with Gasteiger partial charge in [-0.3, -0.25) is 9.78 Å². The first-order valence-electron chi connectivity index (χ1n) is 8.95. The molecule has 0 radical (unpaired) electrons. The van der Waals surface area contributed by atoms with Gasteiger partial charge in [-0.25, -0.2) is 4.98 Å². The van der Waals surface area contributed by atoms with Gasteiger partial charge in [-0.15, -0.1) is 0 Å². The summed E-state index contributed by atoms with van der Waals surface area (Å²) in [5.41, 5.74) is 7.52. The van der Waals surface area contributed by atoms with E-state index >= 15 is 0 Å². The van der Waals surface area contributed by atoms with Crippen LogP contribution in [0.1, 0.15) is 23.2 Å². The van der Waals surface area contributed by atoms with Crippen molar-refractivity contribution in [3.8, 4) is 22.8 Å². The van der Waals surface area contributed by atoms with Crippen LogP contribution >= 0.6 is 0 Å². The van der Waals surface area contributed by atoms with Gasteiger partial charge in [0, 0.05) is 37.1 Å². The summed E-state index contributed by atoms with van der Waals surface area (Å²) < 4.78 is 5.90. The lowest BCUT2D eigenvalue weighted by Gasteiger charge is -2.17. The summed E-state index contributed by atoms with van der Waals surface area (Å²) in [6, 6.07) is 14.5. The minimum Gasteiger partial charge on any atom is -0.456 e. The molecule has 2 N–H and O–H groups in total. The zero-order valence-electron chi connectivity index (χ0n) is 14.8. The molecule has 2 aromatic heterocycles. The van der Waals surface area contributed by atoms with Gasteiger partial charge in [-0.05, 0) is 43.2 Å². The first kappa shape index (κ1) is 17.0. The number of para-hydroxylation sites is 1. The molecule has 4 rings (SSSR count). The van der Waals surface area contributed by atoms with Crippen LogP contribution in [0.5, 0.6) is 11.5 Å². The third kappa shape index (κ3) is 3.74. The molecule has 1 aliphatic rings. The molecular formula is C21H20N4O2. The second kappa shape index (κ2) is 7.45. The standard InChI is InChI=1S/C21H20N4O2/c22-21(26)17-5-1-2-6-19(17)27-16-8-10-23-18(14-16)15-7-9-24-20(13-15)25-11-3-4-12-25/h1-2,5-10,13-14H,3-4,11-12H2,(H2,22,26). The third-order valence-corrected chi connectivity index (χ3v) is 4.58. The number of hydrogen-bond donors (Lipinski definition) is 1. The Hall–Kier alpha value is -3.41. The number of carbonyl (C=O) groups is 1. The van der Waals surface area contributed by atoms with E-state index in [0.717, 1.165) is 30.2 Å². The van der Waals surface area contributed by atoms with Crippen LogP contribution in [-0.4, -0.2) is 29.0 Å². The molecule has 0 spiro atoms. The maximum Gasteiger partial charge on any atom is 0.252 e. The lowest BCUT2D eigenvalue weighted by atomic mass is 10.1. The topological polar surface area (TPSA) is 81.3 Å². The molecule has 1 saturated heterocycles. The van der Waals surface area contributed by atoms with Gasteiger partial charge in [0.05, 0.1) is 11.3 Å². The van der Waals surface area contributed by atoms with Crippen molar-refractivity contribution in [3.63, 3.8) is 0 Å². The fraction of sp³-hybridized carbons (Fsp3) is 0.190. The quantitative estimate of drug-likeness (QED) is 0.751. The Labute approximate surface area is 157 Å². The van der Waals surface area contributed by atoms with Crippen molar-refractivity contribution >= 4 is 11.7 Å². The molecule has 0 bridgehead atoms. The van der Waals surface area contributed by atoms with Crippen molar-refractivity contribution in [2.45, 2.75) is 12.8 Å². The number of rotatable bonds is 5. The van der Waals surface area contributed by atoms with E-state index < -0.39 is 5.91 Å². The van der Waals surface area contributed by atoms with Crippen molar-refractivity contribution in [2.75, 3.05) is 18.0 Å². The summed E-state index contributed by atoms with van der Waals surface area (Å²) in [6.07, 6.45) is 5.90. The molecule has 27 heavy (non-hydrogen) atoms. The molecule has 0 saturated carbocycles. The van der Waals surface area contributed by atoms with Crippen LogP contribution in [0, 0.1) is 0 Å². The van der Waals surface area contributed by atoms with Gasteiger partial charge in [-0.1, -0.05) is 12.1 Å². The SMILES string of the molecule is NC(=O)c1ccccc1Oc1ccnc(-c2ccnc(N3CCCC3)c2)c1. The van der Waals surface area contributed by atoms with Gasteiger partial charge in [0.15, 0.2) is 0 Å². The molecule has 6 heteroatoms. The number of ether oxygens (including phenoxy) is 1. The zero-order chi connectivity index (χ0) is 18.6. The number of pyridine rings is 2. The monoisotopic (exact) mass is 360 g/mol. The molecule has 1 aliphatic heterocycles. The lowest BCUT2D eigenvalue weighted by molar-refractivity contribution is 0.0998. The highest BCUT2D eigenvalue weighted by atomic mass is 16.5. The molecule has 136 valence electrons.